The van der Waals surface area contributed by atoms with Gasteiger partial charge in [0, 0.05) is 0 Å². The van der Waals surface area contributed by atoms with Gasteiger partial charge in [-0.1, -0.05) is 91.2 Å². The van der Waals surface area contributed by atoms with Crippen LogP contribution in [-0.4, -0.2) is 25.2 Å². The topological polar surface area (TPSA) is 52.6 Å². The van der Waals surface area contributed by atoms with Crippen LogP contribution in [0.3, 0.4) is 0 Å². The molecule has 0 fully saturated rings. The molecule has 0 aromatic carbocycles. The number of allylic oxidation sites excluding steroid dienone is 1. The quantitative estimate of drug-likeness (QED) is 0.145. The lowest BCUT2D eigenvalue weighted by molar-refractivity contribution is -0.166. The van der Waals surface area contributed by atoms with E-state index in [4.69, 9.17) is 9.47 Å². The molecule has 2 unspecified atom stereocenters. The molecule has 31 heavy (non-hydrogen) atoms. The van der Waals surface area contributed by atoms with E-state index in [0.29, 0.717) is 19.6 Å². The highest BCUT2D eigenvalue weighted by molar-refractivity contribution is 5.87. The molecule has 1 aliphatic carbocycles. The number of hydrogen-bond donors (Lipinski definition) is 0. The van der Waals surface area contributed by atoms with E-state index < -0.39 is 11.3 Å². The normalized spacial score (nSPS) is 20.9. The summed E-state index contributed by atoms with van der Waals surface area (Å²) in [6, 6.07) is 0. The van der Waals surface area contributed by atoms with E-state index in [1.807, 2.05) is 19.1 Å². The van der Waals surface area contributed by atoms with Crippen LogP contribution in [0.2, 0.25) is 0 Å². The Morgan fingerprint density at radius 1 is 0.839 bits per heavy atom. The van der Waals surface area contributed by atoms with Gasteiger partial charge < -0.3 is 9.47 Å². The fourth-order valence-electron chi connectivity index (χ4n) is 4.19. The van der Waals surface area contributed by atoms with E-state index >= 15 is 0 Å². The number of ether oxygens (including phenoxy) is 2. The van der Waals surface area contributed by atoms with Gasteiger partial charge in [0.05, 0.1) is 24.5 Å². The molecule has 1 aliphatic rings. The molecule has 0 radical (unpaired) electrons. The number of carbonyl (C=O) groups excluding carboxylic acids is 2. The summed E-state index contributed by atoms with van der Waals surface area (Å²) in [5.74, 6) is 0.509. The van der Waals surface area contributed by atoms with Gasteiger partial charge in [0.15, 0.2) is 0 Å². The summed E-state index contributed by atoms with van der Waals surface area (Å²) in [5.41, 5.74) is -0.912. The first-order chi connectivity index (χ1) is 14.8. The van der Waals surface area contributed by atoms with Crippen molar-refractivity contribution in [1.82, 2.24) is 0 Å². The minimum atomic E-state index is -0.912. The van der Waals surface area contributed by atoms with Crippen molar-refractivity contribution in [2.24, 2.45) is 23.2 Å². The van der Waals surface area contributed by atoms with Gasteiger partial charge in [-0.15, -0.1) is 0 Å². The summed E-state index contributed by atoms with van der Waals surface area (Å²) < 4.78 is 11.1. The summed E-state index contributed by atoms with van der Waals surface area (Å²) in [6.07, 6.45) is 16.6. The van der Waals surface area contributed by atoms with Gasteiger partial charge in [0.1, 0.15) is 0 Å². The Hall–Kier alpha value is -1.32. The molecule has 0 aromatic heterocycles. The third-order valence-electron chi connectivity index (χ3n) is 6.36. The second-order valence-electron chi connectivity index (χ2n) is 10.3. The largest absolute Gasteiger partial charge is 0.465 e. The van der Waals surface area contributed by atoms with Gasteiger partial charge in [-0.2, -0.15) is 0 Å². The molecule has 0 heterocycles. The van der Waals surface area contributed by atoms with Gasteiger partial charge in [-0.25, -0.2) is 0 Å². The van der Waals surface area contributed by atoms with Gasteiger partial charge in [-0.05, 0) is 44.4 Å². The number of hydrogen-bond acceptors (Lipinski definition) is 4. The van der Waals surface area contributed by atoms with Crippen molar-refractivity contribution in [3.05, 3.63) is 12.2 Å². The zero-order chi connectivity index (χ0) is 23.1. The minimum absolute atomic E-state index is 0.250. The van der Waals surface area contributed by atoms with Crippen molar-refractivity contribution in [2.45, 2.75) is 112 Å². The van der Waals surface area contributed by atoms with Crippen LogP contribution < -0.4 is 0 Å². The van der Waals surface area contributed by atoms with E-state index in [1.165, 1.54) is 38.5 Å². The molecular formula is C27H48O4. The molecule has 2 atom stereocenters. The van der Waals surface area contributed by atoms with E-state index in [1.54, 1.807) is 0 Å². The molecule has 0 saturated heterocycles. The van der Waals surface area contributed by atoms with Crippen LogP contribution in [0.25, 0.3) is 0 Å². The highest BCUT2D eigenvalue weighted by Gasteiger charge is 2.46. The highest BCUT2D eigenvalue weighted by Crippen LogP contribution is 2.38. The van der Waals surface area contributed by atoms with Crippen LogP contribution in [0.1, 0.15) is 112 Å². The number of esters is 2. The molecule has 0 aromatic rings. The first kappa shape index (κ1) is 27.7. The second kappa shape index (κ2) is 15.5. The third-order valence-corrected chi connectivity index (χ3v) is 6.36. The van der Waals surface area contributed by atoms with E-state index in [-0.39, 0.29) is 11.9 Å². The zero-order valence-electron chi connectivity index (χ0n) is 20.9. The summed E-state index contributed by atoms with van der Waals surface area (Å²) in [5, 5.41) is 0. The molecule has 0 amide bonds. The maximum absolute atomic E-state index is 12.8. The maximum Gasteiger partial charge on any atom is 0.316 e. The lowest BCUT2D eigenvalue weighted by Gasteiger charge is -2.34. The summed E-state index contributed by atoms with van der Waals surface area (Å²) in [7, 11) is 0. The Morgan fingerprint density at radius 2 is 1.35 bits per heavy atom. The first-order valence-corrected chi connectivity index (χ1v) is 12.8. The number of carbonyl (C=O) groups is 2. The van der Waals surface area contributed by atoms with Gasteiger partial charge in [-0.3, -0.25) is 9.59 Å². The number of rotatable bonds is 16. The Labute approximate surface area is 191 Å². The summed E-state index contributed by atoms with van der Waals surface area (Å²) >= 11 is 0. The highest BCUT2D eigenvalue weighted by atomic mass is 16.5. The molecule has 4 heteroatoms. The van der Waals surface area contributed by atoms with Crippen LogP contribution in [-0.2, 0) is 19.1 Å². The van der Waals surface area contributed by atoms with Crippen LogP contribution in [0.5, 0.6) is 0 Å². The fourth-order valence-corrected chi connectivity index (χ4v) is 4.19. The van der Waals surface area contributed by atoms with Crippen molar-refractivity contribution in [3.8, 4) is 0 Å². The van der Waals surface area contributed by atoms with Crippen LogP contribution in [0.15, 0.2) is 12.2 Å². The maximum atomic E-state index is 12.8. The van der Waals surface area contributed by atoms with Crippen molar-refractivity contribution >= 4 is 11.9 Å². The average molecular weight is 437 g/mol. The van der Waals surface area contributed by atoms with Crippen LogP contribution in [0, 0.1) is 23.2 Å². The Balaban J connectivity index is 2.35. The molecule has 0 bridgehead atoms. The molecule has 0 saturated carbocycles. The van der Waals surface area contributed by atoms with E-state index in [0.717, 1.165) is 43.9 Å². The SMILES string of the molecule is CC(C)CCCCCCOC(=O)C1CCC=CC1(C)C(=O)OCCCCCCC(C)C. The lowest BCUT2D eigenvalue weighted by Crippen LogP contribution is -2.42. The standard InChI is InChI=1S/C27H48O4/c1-22(2)16-10-6-8-14-20-30-25(28)24-18-12-13-19-27(24,5)26(29)31-21-15-9-7-11-17-23(3)4/h13,19,22-24H,6-12,14-18,20-21H2,1-5H3. The predicted octanol–water partition coefficient (Wildman–Crippen LogP) is 7.26. The molecule has 0 N–H and O–H groups in total. The minimum Gasteiger partial charge on any atom is -0.465 e. The fraction of sp³-hybridized carbons (Fsp3) is 0.852. The monoisotopic (exact) mass is 436 g/mol. The van der Waals surface area contributed by atoms with Crippen molar-refractivity contribution in [3.63, 3.8) is 0 Å². The van der Waals surface area contributed by atoms with Gasteiger partial charge in [0.25, 0.3) is 0 Å². The smallest absolute Gasteiger partial charge is 0.316 e. The first-order valence-electron chi connectivity index (χ1n) is 12.8. The summed E-state index contributed by atoms with van der Waals surface area (Å²) in [4.78, 5) is 25.6. The predicted molar refractivity (Wildman–Crippen MR) is 128 cm³/mol. The van der Waals surface area contributed by atoms with Gasteiger partial charge in [0.2, 0.25) is 0 Å². The molecule has 180 valence electrons. The molecular weight excluding hydrogens is 388 g/mol. The van der Waals surface area contributed by atoms with Gasteiger partial charge >= 0.3 is 11.9 Å². The van der Waals surface area contributed by atoms with Crippen LogP contribution >= 0.6 is 0 Å². The van der Waals surface area contributed by atoms with Crippen molar-refractivity contribution in [2.75, 3.05) is 13.2 Å². The lowest BCUT2D eigenvalue weighted by atomic mass is 9.71. The van der Waals surface area contributed by atoms with E-state index in [9.17, 15) is 9.59 Å². The summed E-state index contributed by atoms with van der Waals surface area (Å²) in [6.45, 7) is 11.7. The van der Waals surface area contributed by atoms with Crippen molar-refractivity contribution < 1.29 is 19.1 Å². The van der Waals surface area contributed by atoms with Crippen molar-refractivity contribution in [1.29, 1.82) is 0 Å². The number of unbranched alkanes of at least 4 members (excludes halogenated alkanes) is 6. The second-order valence-corrected chi connectivity index (χ2v) is 10.3. The Morgan fingerprint density at radius 3 is 1.90 bits per heavy atom. The Bertz CT molecular complexity index is 537. The third kappa shape index (κ3) is 11.2. The molecule has 1 rings (SSSR count). The molecule has 0 spiro atoms. The molecule has 4 nitrogen and oxygen atoms in total. The molecule has 0 aliphatic heterocycles. The average Bonchev–Trinajstić information content (AvgIpc) is 2.71. The zero-order valence-corrected chi connectivity index (χ0v) is 20.9. The Kier molecular flexibility index (Phi) is 13.8. The van der Waals surface area contributed by atoms with E-state index in [2.05, 4.69) is 27.7 Å². The van der Waals surface area contributed by atoms with Crippen LogP contribution in [0.4, 0.5) is 0 Å².